The van der Waals surface area contributed by atoms with Crippen molar-refractivity contribution in [2.45, 2.75) is 56.3 Å². The van der Waals surface area contributed by atoms with Crippen LogP contribution in [0.25, 0.3) is 0 Å². The van der Waals surface area contributed by atoms with E-state index in [1.54, 1.807) is 0 Å². The molecule has 0 aliphatic carbocycles. The van der Waals surface area contributed by atoms with Crippen molar-refractivity contribution in [3.05, 3.63) is 0 Å². The average Bonchev–Trinajstić information content (AvgIpc) is 2.62. The minimum atomic E-state index is 0.277. The van der Waals surface area contributed by atoms with Crippen molar-refractivity contribution in [3.8, 4) is 0 Å². The number of piperidine rings is 1. The van der Waals surface area contributed by atoms with E-state index in [0.29, 0.717) is 6.04 Å². The van der Waals surface area contributed by atoms with Gasteiger partial charge in [0.05, 0.1) is 0 Å². The first kappa shape index (κ1) is 13.8. The summed E-state index contributed by atoms with van der Waals surface area (Å²) in [6.07, 6.45) is 5.32. The predicted molar refractivity (Wildman–Crippen MR) is 79.3 cm³/mol. The van der Waals surface area contributed by atoms with Crippen LogP contribution in [0.15, 0.2) is 0 Å². The van der Waals surface area contributed by atoms with Crippen LogP contribution in [0.4, 0.5) is 0 Å². The van der Waals surface area contributed by atoms with Crippen LogP contribution in [0.1, 0.15) is 32.6 Å². The number of hydrogen-bond acceptors (Lipinski definition) is 4. The number of nitrogens with zero attached hydrogens (tertiary/aromatic N) is 3. The molecular weight excluding hydrogens is 236 g/mol. The molecule has 3 aliphatic heterocycles. The van der Waals surface area contributed by atoms with Gasteiger partial charge in [0, 0.05) is 49.8 Å². The molecule has 3 fully saturated rings. The zero-order valence-corrected chi connectivity index (χ0v) is 12.8. The quantitative estimate of drug-likeness (QED) is 0.793. The molecule has 3 unspecified atom stereocenters. The molecule has 0 spiro atoms. The number of rotatable bonds is 2. The summed E-state index contributed by atoms with van der Waals surface area (Å²) in [5, 5.41) is 0. The van der Waals surface area contributed by atoms with Gasteiger partial charge < -0.3 is 15.5 Å². The van der Waals surface area contributed by atoms with Gasteiger partial charge in [0.2, 0.25) is 0 Å². The Labute approximate surface area is 117 Å². The first-order chi connectivity index (χ1) is 9.05. The van der Waals surface area contributed by atoms with Crippen LogP contribution in [0.3, 0.4) is 0 Å². The predicted octanol–water partition coefficient (Wildman–Crippen LogP) is 0.576. The van der Waals surface area contributed by atoms with Gasteiger partial charge in [-0.05, 0) is 46.7 Å². The molecule has 0 aromatic rings. The normalized spacial score (nSPS) is 45.8. The summed E-state index contributed by atoms with van der Waals surface area (Å²) in [5.74, 6) is 0. The van der Waals surface area contributed by atoms with E-state index in [-0.39, 0.29) is 5.54 Å². The Bertz CT molecular complexity index is 318. The lowest BCUT2D eigenvalue weighted by Gasteiger charge is -2.55. The first-order valence-electron chi connectivity index (χ1n) is 7.93. The molecule has 2 bridgehead atoms. The second kappa shape index (κ2) is 4.99. The molecule has 2 N–H and O–H groups in total. The van der Waals surface area contributed by atoms with Gasteiger partial charge in [0.15, 0.2) is 0 Å². The largest absolute Gasteiger partial charge is 0.329 e. The van der Waals surface area contributed by atoms with Crippen molar-refractivity contribution >= 4 is 0 Å². The molecule has 19 heavy (non-hydrogen) atoms. The van der Waals surface area contributed by atoms with Crippen molar-refractivity contribution in [3.63, 3.8) is 0 Å². The fraction of sp³-hybridized carbons (Fsp3) is 1.00. The number of fused-ring (bicyclic) bond motifs is 2. The summed E-state index contributed by atoms with van der Waals surface area (Å²) >= 11 is 0. The molecule has 0 aromatic heterocycles. The lowest BCUT2D eigenvalue weighted by molar-refractivity contribution is -0.0476. The Morgan fingerprint density at radius 2 is 1.74 bits per heavy atom. The van der Waals surface area contributed by atoms with Crippen molar-refractivity contribution in [2.24, 2.45) is 5.73 Å². The fourth-order valence-corrected chi connectivity index (χ4v) is 4.91. The summed E-state index contributed by atoms with van der Waals surface area (Å²) in [5.41, 5.74) is 6.57. The van der Waals surface area contributed by atoms with Gasteiger partial charge in [-0.1, -0.05) is 0 Å². The second-order valence-corrected chi connectivity index (χ2v) is 7.19. The minimum absolute atomic E-state index is 0.277. The van der Waals surface area contributed by atoms with Crippen molar-refractivity contribution < 1.29 is 0 Å². The number of hydrogen-bond donors (Lipinski definition) is 1. The molecular formula is C15H30N4. The maximum atomic E-state index is 6.29. The Morgan fingerprint density at radius 3 is 2.26 bits per heavy atom. The summed E-state index contributed by atoms with van der Waals surface area (Å²) in [6.45, 7) is 6.79. The zero-order valence-electron chi connectivity index (χ0n) is 12.8. The Kier molecular flexibility index (Phi) is 3.63. The van der Waals surface area contributed by atoms with Crippen LogP contribution in [-0.4, -0.2) is 78.6 Å². The summed E-state index contributed by atoms with van der Waals surface area (Å²) in [7, 11) is 4.55. The molecule has 3 saturated heterocycles. The number of nitrogens with two attached hydrogens (primary N) is 1. The molecule has 4 heteroatoms. The minimum Gasteiger partial charge on any atom is -0.329 e. The fourth-order valence-electron chi connectivity index (χ4n) is 4.91. The average molecular weight is 266 g/mol. The lowest BCUT2D eigenvalue weighted by atomic mass is 9.80. The Balaban J connectivity index is 1.80. The van der Waals surface area contributed by atoms with Crippen LogP contribution >= 0.6 is 0 Å². The summed E-state index contributed by atoms with van der Waals surface area (Å²) in [6, 6.07) is 2.19. The van der Waals surface area contributed by atoms with Crippen LogP contribution in [0.5, 0.6) is 0 Å². The third-order valence-electron chi connectivity index (χ3n) is 6.04. The van der Waals surface area contributed by atoms with Crippen molar-refractivity contribution in [2.75, 3.05) is 40.3 Å². The molecule has 3 atom stereocenters. The molecule has 0 aromatic carbocycles. The van der Waals surface area contributed by atoms with E-state index in [1.807, 2.05) is 0 Å². The molecule has 0 saturated carbocycles. The van der Waals surface area contributed by atoms with Gasteiger partial charge in [-0.2, -0.15) is 0 Å². The number of likely N-dealkylation sites (N-methyl/N-ethyl adjacent to an activating group) is 1. The Hall–Kier alpha value is -0.160. The highest BCUT2D eigenvalue weighted by molar-refractivity contribution is 5.08. The van der Waals surface area contributed by atoms with Gasteiger partial charge in [0.1, 0.15) is 0 Å². The molecule has 4 nitrogen and oxygen atoms in total. The lowest BCUT2D eigenvalue weighted by Crippen LogP contribution is -2.67. The third kappa shape index (κ3) is 2.23. The zero-order chi connectivity index (χ0) is 13.6. The smallest absolute Gasteiger partial charge is 0.0365 e. The van der Waals surface area contributed by atoms with E-state index < -0.39 is 0 Å². The second-order valence-electron chi connectivity index (χ2n) is 7.19. The third-order valence-corrected chi connectivity index (χ3v) is 6.04. The topological polar surface area (TPSA) is 35.7 Å². The molecule has 3 rings (SSSR count). The van der Waals surface area contributed by atoms with Crippen LogP contribution in [0, 0.1) is 0 Å². The van der Waals surface area contributed by atoms with Crippen molar-refractivity contribution in [1.29, 1.82) is 0 Å². The van der Waals surface area contributed by atoms with Gasteiger partial charge in [0.25, 0.3) is 0 Å². The highest BCUT2D eigenvalue weighted by Crippen LogP contribution is 2.43. The van der Waals surface area contributed by atoms with Gasteiger partial charge >= 0.3 is 0 Å². The van der Waals surface area contributed by atoms with E-state index in [1.165, 1.54) is 45.3 Å². The highest BCUT2D eigenvalue weighted by atomic mass is 15.3. The standard InChI is InChI=1S/C15H30N4/c1-12-10-17(2)6-7-19(12)15(11-16)8-13-4-5-14(9-15)18(13)3/h12-14H,4-11,16H2,1-3H3. The van der Waals surface area contributed by atoms with Crippen LogP contribution in [0.2, 0.25) is 0 Å². The highest BCUT2D eigenvalue weighted by Gasteiger charge is 2.50. The van der Waals surface area contributed by atoms with E-state index >= 15 is 0 Å². The maximum Gasteiger partial charge on any atom is 0.0365 e. The van der Waals surface area contributed by atoms with E-state index in [0.717, 1.165) is 18.6 Å². The van der Waals surface area contributed by atoms with Crippen LogP contribution < -0.4 is 5.73 Å². The molecule has 0 radical (unpaired) electrons. The maximum absolute atomic E-state index is 6.29. The van der Waals surface area contributed by atoms with Gasteiger partial charge in [-0.25, -0.2) is 0 Å². The monoisotopic (exact) mass is 266 g/mol. The summed E-state index contributed by atoms with van der Waals surface area (Å²) < 4.78 is 0. The summed E-state index contributed by atoms with van der Waals surface area (Å²) in [4.78, 5) is 7.83. The van der Waals surface area contributed by atoms with E-state index in [9.17, 15) is 0 Å². The molecule has 0 amide bonds. The van der Waals surface area contributed by atoms with Gasteiger partial charge in [-0.15, -0.1) is 0 Å². The SMILES string of the molecule is CC1CN(C)CCN1C1(CN)CC2CCC(C1)N2C. The van der Waals surface area contributed by atoms with Crippen molar-refractivity contribution in [1.82, 2.24) is 14.7 Å². The van der Waals surface area contributed by atoms with E-state index in [4.69, 9.17) is 5.73 Å². The molecule has 110 valence electrons. The molecule has 3 heterocycles. The van der Waals surface area contributed by atoms with Crippen LogP contribution in [-0.2, 0) is 0 Å². The van der Waals surface area contributed by atoms with E-state index in [2.05, 4.69) is 35.7 Å². The first-order valence-corrected chi connectivity index (χ1v) is 7.93. The van der Waals surface area contributed by atoms with Gasteiger partial charge in [-0.3, -0.25) is 4.90 Å². The number of piperazine rings is 1. The molecule has 3 aliphatic rings. The Morgan fingerprint density at radius 1 is 1.11 bits per heavy atom.